The topological polar surface area (TPSA) is 168 Å². The summed E-state index contributed by atoms with van der Waals surface area (Å²) >= 11 is 0. The normalized spacial score (nSPS) is 24.2. The summed E-state index contributed by atoms with van der Waals surface area (Å²) in [6, 6.07) is 3.44. The van der Waals surface area contributed by atoms with Gasteiger partial charge in [-0.15, -0.1) is 0 Å². The summed E-state index contributed by atoms with van der Waals surface area (Å²) in [6.45, 7) is 3.05. The van der Waals surface area contributed by atoms with E-state index in [4.69, 9.17) is 19.7 Å². The molecule has 5 aliphatic heterocycles. The molecule has 1 N–H and O–H groups in total. The van der Waals surface area contributed by atoms with E-state index >= 15 is 8.78 Å². The Morgan fingerprint density at radius 1 is 0.833 bits per heavy atom. The van der Waals surface area contributed by atoms with Crippen molar-refractivity contribution in [3.05, 3.63) is 66.1 Å². The van der Waals surface area contributed by atoms with E-state index in [1.54, 1.807) is 31.3 Å². The van der Waals surface area contributed by atoms with Crippen molar-refractivity contribution in [2.75, 3.05) is 48.9 Å². The molecular weight excluding hydrogens is 782 g/mol. The summed E-state index contributed by atoms with van der Waals surface area (Å²) in [5.41, 5.74) is 1.64. The van der Waals surface area contributed by atoms with Crippen molar-refractivity contribution in [2.24, 2.45) is 0 Å². The molecule has 4 saturated heterocycles. The van der Waals surface area contributed by atoms with Crippen LogP contribution in [0, 0.1) is 24.4 Å². The molecule has 12 rings (SSSR count). The summed E-state index contributed by atoms with van der Waals surface area (Å²) in [4.78, 5) is 64.1. The van der Waals surface area contributed by atoms with Gasteiger partial charge in [0.15, 0.2) is 17.3 Å². The van der Waals surface area contributed by atoms with E-state index in [0.717, 1.165) is 31.2 Å². The van der Waals surface area contributed by atoms with Crippen molar-refractivity contribution in [3.8, 4) is 17.1 Å². The number of hydrogen-bond donors (Lipinski definition) is 1. The van der Waals surface area contributed by atoms with Crippen LogP contribution < -0.4 is 15.1 Å². The van der Waals surface area contributed by atoms with Crippen LogP contribution in [0.15, 0.2) is 42.9 Å². The van der Waals surface area contributed by atoms with Gasteiger partial charge in [0, 0.05) is 58.1 Å². The van der Waals surface area contributed by atoms with Crippen LogP contribution in [0.2, 0.25) is 0 Å². The zero-order chi connectivity index (χ0) is 41.1. The number of fused-ring (bicyclic) bond motifs is 8. The average molecular weight is 821 g/mol. The Morgan fingerprint density at radius 2 is 1.68 bits per heavy atom. The fourth-order valence-corrected chi connectivity index (χ4v) is 9.40. The third-order valence-corrected chi connectivity index (χ3v) is 12.5. The number of rotatable bonds is 5. The third kappa shape index (κ3) is 5.74. The number of imidazole rings is 1. The molecule has 308 valence electrons. The number of halogens is 3. The predicted molar refractivity (Wildman–Crippen MR) is 211 cm³/mol. The van der Waals surface area contributed by atoms with Gasteiger partial charge in [-0.3, -0.25) is 14.6 Å². The Bertz CT molecular complexity index is 2760. The van der Waals surface area contributed by atoms with Crippen molar-refractivity contribution >= 4 is 51.6 Å². The van der Waals surface area contributed by atoms with Crippen molar-refractivity contribution in [2.45, 2.75) is 75.5 Å². The van der Waals surface area contributed by atoms with Gasteiger partial charge >= 0.3 is 0 Å². The Kier molecular flexibility index (Phi) is 8.27. The number of benzene rings is 1. The Morgan fingerprint density at radius 3 is 2.47 bits per heavy atom. The minimum atomic E-state index is -0.845. The molecule has 6 bridgehead atoms. The number of hydrogen-bond acceptors (Lipinski definition) is 13. The number of nitrogens with one attached hydrogen (secondary N) is 1. The Labute approximate surface area is 340 Å². The lowest BCUT2D eigenvalue weighted by atomic mass is 9.87. The number of carbonyl (C=O) groups excluding carboxylic acids is 2. The number of nitrogens with zero attached hydrogens (tertiary/aromatic N) is 13. The summed E-state index contributed by atoms with van der Waals surface area (Å²) in [5, 5.41) is 8.28. The van der Waals surface area contributed by atoms with Crippen LogP contribution in [0.5, 0.6) is 0 Å². The number of methoxy groups -OCH3 is 1. The maximum absolute atomic E-state index is 15.7. The molecule has 17 nitrogen and oxygen atoms in total. The molecule has 0 spiro atoms. The Balaban J connectivity index is 1.04. The lowest BCUT2D eigenvalue weighted by molar-refractivity contribution is -0.140. The zero-order valence-electron chi connectivity index (χ0n) is 32.8. The number of likely N-dealkylation sites (N-methyl/N-ethyl adjacent to an activating group) is 1. The van der Waals surface area contributed by atoms with Crippen LogP contribution in [0.25, 0.3) is 39.1 Å². The molecule has 10 heterocycles. The summed E-state index contributed by atoms with van der Waals surface area (Å²) in [7, 11) is 3.29. The molecule has 60 heavy (non-hydrogen) atoms. The molecule has 5 aromatic heterocycles. The predicted octanol–water partition coefficient (Wildman–Crippen LogP) is 3.24. The monoisotopic (exact) mass is 820 g/mol. The molecule has 1 aromatic carbocycles. The highest BCUT2D eigenvalue weighted by molar-refractivity contribution is 5.95. The summed E-state index contributed by atoms with van der Waals surface area (Å²) in [5.74, 6) is -1.11. The minimum absolute atomic E-state index is 0.0137. The van der Waals surface area contributed by atoms with Crippen LogP contribution in [-0.4, -0.2) is 136 Å². The van der Waals surface area contributed by atoms with Crippen molar-refractivity contribution in [1.82, 2.24) is 54.1 Å². The van der Waals surface area contributed by atoms with E-state index in [1.807, 2.05) is 26.2 Å². The second kappa shape index (κ2) is 13.5. The van der Waals surface area contributed by atoms with Gasteiger partial charge in [0.25, 0.3) is 0 Å². The van der Waals surface area contributed by atoms with E-state index in [-0.39, 0.29) is 84.6 Å². The van der Waals surface area contributed by atoms with Gasteiger partial charge in [-0.25, -0.2) is 32.8 Å². The third-order valence-electron chi connectivity index (χ3n) is 12.5. The number of pyridine rings is 1. The fraction of sp³-hybridized carbons (Fsp3) is 0.425. The number of aryl methyl sites for hydroxylation is 1. The first-order chi connectivity index (χ1) is 29.0. The quantitative estimate of drug-likeness (QED) is 0.270. The van der Waals surface area contributed by atoms with E-state index in [0.29, 0.717) is 41.0 Å². The molecule has 6 aromatic rings. The summed E-state index contributed by atoms with van der Waals surface area (Å²) in [6.07, 6.45) is 6.53. The maximum Gasteiger partial charge on any atom is 0.245 e. The van der Waals surface area contributed by atoms with Gasteiger partial charge in [-0.1, -0.05) is 0 Å². The smallest absolute Gasteiger partial charge is 0.245 e. The van der Waals surface area contributed by atoms with Crippen molar-refractivity contribution in [1.29, 1.82) is 0 Å². The molecule has 0 radical (unpaired) electrons. The first-order valence-electron chi connectivity index (χ1n) is 20.0. The molecule has 20 heteroatoms. The Hall–Kier alpha value is -6.44. The van der Waals surface area contributed by atoms with Crippen LogP contribution in [0.4, 0.5) is 30.9 Å². The van der Waals surface area contributed by atoms with Crippen LogP contribution in [-0.2, 0) is 20.9 Å². The first kappa shape index (κ1) is 36.6. The molecule has 1 saturated carbocycles. The fourth-order valence-electron chi connectivity index (χ4n) is 9.40. The van der Waals surface area contributed by atoms with Gasteiger partial charge in [0.2, 0.25) is 23.7 Å². The number of piperidine rings is 1. The molecule has 2 unspecified atom stereocenters. The highest BCUT2D eigenvalue weighted by Gasteiger charge is 2.54. The minimum Gasteiger partial charge on any atom is -0.378 e. The lowest BCUT2D eigenvalue weighted by Crippen LogP contribution is -2.72. The van der Waals surface area contributed by atoms with Crippen LogP contribution in [0.1, 0.15) is 31.5 Å². The van der Waals surface area contributed by atoms with Gasteiger partial charge in [-0.05, 0) is 50.8 Å². The number of anilines is 3. The van der Waals surface area contributed by atoms with Gasteiger partial charge in [0.1, 0.15) is 46.6 Å². The standard InChI is InChI=1S/C40H39F3N14O3/c1-19-47-28-8-9-44-33-32-27(43)14-45-39(49-32)48-21-11-30(37(58)52(2)17-24(60-3)18-53(19)34(28)33)55(15-21)35-25-13-46-57(29-7-4-20(41)10-26(29)42)36(25)51-40(50-35)56-23-12-31(56)38(59)54(16-23)22-5-6-22/h4,7-10,13-14,21-24,30-31H,5-6,11-12,15-18H2,1-3H3,(H,45,48,49)/t21-,23?,24-,30-,31?/m0/s1. The van der Waals surface area contributed by atoms with Gasteiger partial charge < -0.3 is 34.2 Å². The number of piperazine rings is 1. The van der Waals surface area contributed by atoms with Gasteiger partial charge in [0.05, 0.1) is 47.5 Å². The number of aromatic nitrogens is 9. The second-order valence-electron chi connectivity index (χ2n) is 16.3. The highest BCUT2D eigenvalue weighted by atomic mass is 19.1. The van der Waals surface area contributed by atoms with Crippen molar-refractivity contribution in [3.63, 3.8) is 0 Å². The van der Waals surface area contributed by atoms with E-state index in [1.165, 1.54) is 16.9 Å². The number of ether oxygens (including phenoxy) is 1. The molecule has 1 aliphatic carbocycles. The highest BCUT2D eigenvalue weighted by Crippen LogP contribution is 2.43. The SMILES string of the molecule is CO[C@H]1CN(C)C(=O)[C@@H]2C[C@@H](CN2c2nc(N3C4CC3C(=O)N(C3CC3)C4)nc3c2cnn3-c2ccc(F)cc2F)Nc2ncc(F)c(n2)-c2nccc3nc(C)n(c23)C1. The molecular formula is C40H39F3N14O3. The van der Waals surface area contributed by atoms with Crippen LogP contribution in [0.3, 0.4) is 0 Å². The lowest BCUT2D eigenvalue weighted by Gasteiger charge is -2.55. The largest absolute Gasteiger partial charge is 0.378 e. The van der Waals surface area contributed by atoms with Gasteiger partial charge in [-0.2, -0.15) is 15.1 Å². The molecule has 5 fully saturated rings. The maximum atomic E-state index is 15.7. The van der Waals surface area contributed by atoms with Crippen molar-refractivity contribution < 1.29 is 27.5 Å². The van der Waals surface area contributed by atoms with E-state index < -0.39 is 41.7 Å². The number of carbonyl (C=O) groups is 2. The molecule has 5 atom stereocenters. The van der Waals surface area contributed by atoms with E-state index in [2.05, 4.69) is 25.4 Å². The average Bonchev–Trinajstić information content (AvgIpc) is 3.72. The number of amides is 2. The zero-order valence-corrected chi connectivity index (χ0v) is 32.8. The molecule has 6 aliphatic rings. The van der Waals surface area contributed by atoms with E-state index in [9.17, 15) is 14.0 Å². The molecule has 2 amide bonds. The summed E-state index contributed by atoms with van der Waals surface area (Å²) < 4.78 is 54.4. The first-order valence-corrected chi connectivity index (χ1v) is 20.0. The van der Waals surface area contributed by atoms with Crippen LogP contribution >= 0.6 is 0 Å². The second-order valence-corrected chi connectivity index (χ2v) is 16.3.